The van der Waals surface area contributed by atoms with Crippen LogP contribution in [0.15, 0.2) is 40.4 Å². The van der Waals surface area contributed by atoms with E-state index in [1.807, 2.05) is 19.9 Å². The summed E-state index contributed by atoms with van der Waals surface area (Å²) >= 11 is 0. The molecule has 0 aliphatic carbocycles. The highest BCUT2D eigenvalue weighted by molar-refractivity contribution is 7.92. The Balaban J connectivity index is 1.91. The van der Waals surface area contributed by atoms with E-state index in [0.717, 1.165) is 38.9 Å². The number of benzene rings is 1. The van der Waals surface area contributed by atoms with Gasteiger partial charge in [0.2, 0.25) is 0 Å². The molecule has 0 saturated carbocycles. The number of sulfone groups is 1. The zero-order valence-electron chi connectivity index (χ0n) is 14.6. The Labute approximate surface area is 145 Å². The molecule has 24 heavy (non-hydrogen) atoms. The van der Waals surface area contributed by atoms with E-state index in [2.05, 4.69) is 10.1 Å². The van der Waals surface area contributed by atoms with Crippen LogP contribution in [0.5, 0.6) is 0 Å². The largest absolute Gasteiger partial charge is 0.411 e. The Bertz CT molecular complexity index is 641. The number of likely N-dealkylation sites (tertiary alicyclic amines) is 1. The summed E-state index contributed by atoms with van der Waals surface area (Å²) in [6, 6.07) is 8.69. The van der Waals surface area contributed by atoms with Gasteiger partial charge in [-0.1, -0.05) is 18.2 Å². The van der Waals surface area contributed by atoms with E-state index in [-0.39, 0.29) is 0 Å². The van der Waals surface area contributed by atoms with E-state index in [9.17, 15) is 8.42 Å². The molecule has 6 heteroatoms. The fourth-order valence-electron chi connectivity index (χ4n) is 3.29. The van der Waals surface area contributed by atoms with Crippen molar-refractivity contribution >= 4 is 16.1 Å². The zero-order chi connectivity index (χ0) is 17.6. The fraction of sp³-hybridized carbons (Fsp3) is 0.611. The van der Waals surface area contributed by atoms with Crippen LogP contribution in [-0.2, 0) is 9.84 Å². The van der Waals surface area contributed by atoms with Gasteiger partial charge < -0.3 is 10.1 Å². The average Bonchev–Trinajstić information content (AvgIpc) is 2.56. The standard InChI is InChI=1S/C18H28N2O3S/c1-18(2,24(22,23)17-9-4-3-5-10-17)11-7-13-20-12-6-8-16(15-20)14-19-21/h3-5,9-10,14,16,21H,6-8,11-13,15H2,1-2H3. The van der Waals surface area contributed by atoms with Crippen LogP contribution in [-0.4, -0.2) is 49.1 Å². The number of piperidine rings is 1. The predicted molar refractivity (Wildman–Crippen MR) is 96.4 cm³/mol. The molecule has 1 unspecified atom stereocenters. The SMILES string of the molecule is CC(C)(CCCN1CCCC(C=NO)C1)S(=O)(=O)c1ccccc1. The molecule has 134 valence electrons. The molecule has 1 heterocycles. The second kappa shape index (κ2) is 8.12. The summed E-state index contributed by atoms with van der Waals surface area (Å²) in [5, 5.41) is 11.8. The topological polar surface area (TPSA) is 70.0 Å². The molecule has 1 saturated heterocycles. The fourth-order valence-corrected chi connectivity index (χ4v) is 4.86. The summed E-state index contributed by atoms with van der Waals surface area (Å²) in [4.78, 5) is 2.73. The Morgan fingerprint density at radius 1 is 1.33 bits per heavy atom. The van der Waals surface area contributed by atoms with Crippen LogP contribution in [0.4, 0.5) is 0 Å². The van der Waals surface area contributed by atoms with Crippen molar-refractivity contribution in [2.45, 2.75) is 49.2 Å². The average molecular weight is 353 g/mol. The van der Waals surface area contributed by atoms with Crippen LogP contribution < -0.4 is 0 Å². The summed E-state index contributed by atoms with van der Waals surface area (Å²) in [6.07, 6.45) is 5.20. The van der Waals surface area contributed by atoms with E-state index in [1.165, 1.54) is 0 Å². The smallest absolute Gasteiger partial charge is 0.183 e. The lowest BCUT2D eigenvalue weighted by Crippen LogP contribution is -2.38. The van der Waals surface area contributed by atoms with Gasteiger partial charge in [0, 0.05) is 18.7 Å². The van der Waals surface area contributed by atoms with Crippen LogP contribution in [0.3, 0.4) is 0 Å². The van der Waals surface area contributed by atoms with Gasteiger partial charge in [-0.25, -0.2) is 8.42 Å². The third kappa shape index (κ3) is 4.57. The molecule has 5 nitrogen and oxygen atoms in total. The van der Waals surface area contributed by atoms with Gasteiger partial charge in [0.15, 0.2) is 9.84 Å². The monoisotopic (exact) mass is 352 g/mol. The van der Waals surface area contributed by atoms with Crippen molar-refractivity contribution < 1.29 is 13.6 Å². The van der Waals surface area contributed by atoms with Crippen LogP contribution in [0.25, 0.3) is 0 Å². The molecule has 1 atom stereocenters. The number of hydrogen-bond donors (Lipinski definition) is 1. The molecule has 0 bridgehead atoms. The first-order valence-electron chi connectivity index (χ1n) is 8.56. The first kappa shape index (κ1) is 18.9. The number of hydrogen-bond acceptors (Lipinski definition) is 5. The summed E-state index contributed by atoms with van der Waals surface area (Å²) < 4.78 is 24.8. The second-order valence-corrected chi connectivity index (χ2v) is 9.73. The van der Waals surface area contributed by atoms with Crippen molar-refractivity contribution in [2.75, 3.05) is 19.6 Å². The van der Waals surface area contributed by atoms with Gasteiger partial charge in [-0.15, -0.1) is 5.16 Å². The summed E-state index contributed by atoms with van der Waals surface area (Å²) in [5.41, 5.74) is 0. The maximum Gasteiger partial charge on any atom is 0.183 e. The highest BCUT2D eigenvalue weighted by Gasteiger charge is 2.35. The van der Waals surface area contributed by atoms with Gasteiger partial charge in [-0.2, -0.15) is 0 Å². The molecular formula is C18H28N2O3S. The minimum atomic E-state index is -3.33. The van der Waals surface area contributed by atoms with Crippen LogP contribution in [0.1, 0.15) is 39.5 Å². The van der Waals surface area contributed by atoms with Gasteiger partial charge in [0.1, 0.15) is 0 Å². The molecule has 1 aromatic rings. The van der Waals surface area contributed by atoms with Crippen LogP contribution in [0.2, 0.25) is 0 Å². The quantitative estimate of drug-likeness (QED) is 0.465. The molecule has 0 aromatic heterocycles. The van der Waals surface area contributed by atoms with Crippen molar-refractivity contribution in [3.8, 4) is 0 Å². The lowest BCUT2D eigenvalue weighted by Gasteiger charge is -2.32. The van der Waals surface area contributed by atoms with E-state index >= 15 is 0 Å². The molecule has 0 radical (unpaired) electrons. The number of oxime groups is 1. The van der Waals surface area contributed by atoms with Gasteiger partial charge in [-0.05, 0) is 64.8 Å². The Morgan fingerprint density at radius 2 is 2.04 bits per heavy atom. The minimum Gasteiger partial charge on any atom is -0.411 e. The molecule has 2 rings (SSSR count). The van der Waals surface area contributed by atoms with Crippen molar-refractivity contribution in [2.24, 2.45) is 11.1 Å². The Kier molecular flexibility index (Phi) is 6.40. The van der Waals surface area contributed by atoms with Gasteiger partial charge >= 0.3 is 0 Å². The summed E-state index contributed by atoms with van der Waals surface area (Å²) in [6.45, 7) is 6.42. The summed E-state index contributed by atoms with van der Waals surface area (Å²) in [5.74, 6) is 0.296. The third-order valence-electron chi connectivity index (χ3n) is 4.85. The second-order valence-electron chi connectivity index (χ2n) is 7.15. The van der Waals surface area contributed by atoms with Crippen molar-refractivity contribution in [1.82, 2.24) is 4.90 Å². The molecular weight excluding hydrogens is 324 g/mol. The van der Waals surface area contributed by atoms with E-state index in [0.29, 0.717) is 17.2 Å². The van der Waals surface area contributed by atoms with Crippen molar-refractivity contribution in [1.29, 1.82) is 0 Å². The Morgan fingerprint density at radius 3 is 2.71 bits per heavy atom. The van der Waals surface area contributed by atoms with Crippen molar-refractivity contribution in [3.63, 3.8) is 0 Å². The lowest BCUT2D eigenvalue weighted by atomic mass is 9.98. The summed E-state index contributed by atoms with van der Waals surface area (Å²) in [7, 11) is -3.33. The number of nitrogens with zero attached hydrogens (tertiary/aromatic N) is 2. The van der Waals surface area contributed by atoms with E-state index < -0.39 is 14.6 Å². The molecule has 1 aliphatic heterocycles. The predicted octanol–water partition coefficient (Wildman–Crippen LogP) is 3.19. The molecule has 1 aromatic carbocycles. The Hall–Kier alpha value is -1.40. The van der Waals surface area contributed by atoms with Gasteiger partial charge in [0.25, 0.3) is 0 Å². The third-order valence-corrected chi connectivity index (χ3v) is 7.41. The maximum atomic E-state index is 12.8. The molecule has 1 aliphatic rings. The van der Waals surface area contributed by atoms with E-state index in [1.54, 1.807) is 30.5 Å². The molecule has 0 amide bonds. The first-order valence-corrected chi connectivity index (χ1v) is 10.0. The van der Waals surface area contributed by atoms with Gasteiger partial charge in [-0.3, -0.25) is 0 Å². The maximum absolute atomic E-state index is 12.8. The van der Waals surface area contributed by atoms with E-state index in [4.69, 9.17) is 5.21 Å². The minimum absolute atomic E-state index is 0.296. The van der Waals surface area contributed by atoms with Crippen LogP contribution >= 0.6 is 0 Å². The molecule has 1 N–H and O–H groups in total. The highest BCUT2D eigenvalue weighted by Crippen LogP contribution is 2.29. The molecule has 0 spiro atoms. The highest BCUT2D eigenvalue weighted by atomic mass is 32.2. The lowest BCUT2D eigenvalue weighted by molar-refractivity contribution is 0.198. The zero-order valence-corrected chi connectivity index (χ0v) is 15.4. The first-order chi connectivity index (χ1) is 11.4. The number of rotatable bonds is 7. The van der Waals surface area contributed by atoms with Gasteiger partial charge in [0.05, 0.1) is 9.64 Å². The normalized spacial score (nSPS) is 20.5. The van der Waals surface area contributed by atoms with Crippen LogP contribution in [0, 0.1) is 5.92 Å². The molecule has 1 fully saturated rings. The van der Waals surface area contributed by atoms with Crippen molar-refractivity contribution in [3.05, 3.63) is 30.3 Å².